The molecule has 4 rings (SSSR count). The van der Waals surface area contributed by atoms with Gasteiger partial charge in [-0.1, -0.05) is 18.2 Å². The maximum atomic E-state index is 5.32. The number of pyridine rings is 1. The van der Waals surface area contributed by atoms with E-state index in [0.29, 0.717) is 11.7 Å². The summed E-state index contributed by atoms with van der Waals surface area (Å²) in [5.41, 5.74) is 2.15. The van der Waals surface area contributed by atoms with Crippen molar-refractivity contribution in [3.63, 3.8) is 0 Å². The summed E-state index contributed by atoms with van der Waals surface area (Å²) in [6.07, 6.45) is 3.47. The molecule has 1 aliphatic rings. The van der Waals surface area contributed by atoms with Gasteiger partial charge in [-0.2, -0.15) is 0 Å². The van der Waals surface area contributed by atoms with Crippen LogP contribution in [0.2, 0.25) is 0 Å². The smallest absolute Gasteiger partial charge is 0.171 e. The van der Waals surface area contributed by atoms with Gasteiger partial charge in [0, 0.05) is 31.9 Å². The van der Waals surface area contributed by atoms with Crippen molar-refractivity contribution < 1.29 is 4.42 Å². The van der Waals surface area contributed by atoms with Crippen LogP contribution in [-0.4, -0.2) is 36.3 Å². The molecule has 0 bridgehead atoms. The Morgan fingerprint density at radius 2 is 1.75 bits per heavy atom. The van der Waals surface area contributed by atoms with E-state index in [1.54, 1.807) is 6.26 Å². The molecular formula is C21H23N5OS. The number of hydrogen-bond donors (Lipinski definition) is 2. The molecule has 0 unspecified atom stereocenters. The van der Waals surface area contributed by atoms with Crippen LogP contribution in [0.4, 0.5) is 17.2 Å². The Morgan fingerprint density at radius 3 is 2.43 bits per heavy atom. The Kier molecular flexibility index (Phi) is 5.72. The van der Waals surface area contributed by atoms with E-state index < -0.39 is 0 Å². The number of piperazine rings is 1. The Balaban J connectivity index is 1.27. The Bertz CT molecular complexity index is 875. The Hall–Kier alpha value is -3.06. The molecule has 1 saturated heterocycles. The lowest BCUT2D eigenvalue weighted by atomic mass is 10.2. The van der Waals surface area contributed by atoms with Crippen molar-refractivity contribution in [1.82, 2.24) is 10.3 Å². The quantitative estimate of drug-likeness (QED) is 0.644. The van der Waals surface area contributed by atoms with Crippen LogP contribution in [0.25, 0.3) is 0 Å². The van der Waals surface area contributed by atoms with Crippen LogP contribution in [0.1, 0.15) is 5.76 Å². The van der Waals surface area contributed by atoms with Gasteiger partial charge >= 0.3 is 0 Å². The highest BCUT2D eigenvalue weighted by Crippen LogP contribution is 2.20. The highest BCUT2D eigenvalue weighted by molar-refractivity contribution is 7.80. The van der Waals surface area contributed by atoms with Crippen LogP contribution in [0, 0.1) is 0 Å². The first-order valence-corrected chi connectivity index (χ1v) is 9.77. The highest BCUT2D eigenvalue weighted by Gasteiger charge is 2.18. The highest BCUT2D eigenvalue weighted by atomic mass is 32.1. The van der Waals surface area contributed by atoms with E-state index in [9.17, 15) is 0 Å². The van der Waals surface area contributed by atoms with Gasteiger partial charge in [-0.05, 0) is 48.6 Å². The lowest BCUT2D eigenvalue weighted by Crippen LogP contribution is -2.46. The van der Waals surface area contributed by atoms with Gasteiger partial charge in [0.1, 0.15) is 11.6 Å². The third kappa shape index (κ3) is 4.61. The number of thiocarbonyl (C=S) groups is 1. The molecule has 3 aromatic rings. The maximum Gasteiger partial charge on any atom is 0.171 e. The van der Waals surface area contributed by atoms with Crippen LogP contribution in [0.5, 0.6) is 0 Å². The summed E-state index contributed by atoms with van der Waals surface area (Å²) in [5.74, 6) is 1.83. The molecule has 2 N–H and O–H groups in total. The Labute approximate surface area is 170 Å². The first-order chi connectivity index (χ1) is 13.8. The molecule has 144 valence electrons. The summed E-state index contributed by atoms with van der Waals surface area (Å²) < 4.78 is 5.28. The Morgan fingerprint density at radius 1 is 0.964 bits per heavy atom. The van der Waals surface area contributed by atoms with Crippen molar-refractivity contribution in [3.8, 4) is 0 Å². The molecule has 0 radical (unpaired) electrons. The second kappa shape index (κ2) is 8.75. The van der Waals surface area contributed by atoms with Gasteiger partial charge in [0.15, 0.2) is 5.11 Å². The molecule has 0 amide bonds. The second-order valence-electron chi connectivity index (χ2n) is 6.60. The number of furan rings is 1. The largest absolute Gasteiger partial charge is 0.467 e. The average Bonchev–Trinajstić information content (AvgIpc) is 3.27. The van der Waals surface area contributed by atoms with Crippen molar-refractivity contribution in [2.45, 2.75) is 6.54 Å². The maximum absolute atomic E-state index is 5.32. The fourth-order valence-electron chi connectivity index (χ4n) is 3.24. The minimum Gasteiger partial charge on any atom is -0.467 e. The molecule has 0 spiro atoms. The predicted octanol–water partition coefficient (Wildman–Crippen LogP) is 3.49. The van der Waals surface area contributed by atoms with Gasteiger partial charge < -0.3 is 24.9 Å². The summed E-state index contributed by atoms with van der Waals surface area (Å²) >= 11 is 5.32. The number of nitrogens with zero attached hydrogens (tertiary/aromatic N) is 3. The van der Waals surface area contributed by atoms with Gasteiger partial charge in [-0.25, -0.2) is 4.98 Å². The lowest BCUT2D eigenvalue weighted by Gasteiger charge is -2.36. The summed E-state index contributed by atoms with van der Waals surface area (Å²) in [4.78, 5) is 9.33. The second-order valence-corrected chi connectivity index (χ2v) is 7.01. The number of anilines is 3. The van der Waals surface area contributed by atoms with E-state index in [4.69, 9.17) is 16.6 Å². The molecule has 0 saturated carbocycles. The number of aromatic nitrogens is 1. The normalized spacial score (nSPS) is 14.0. The zero-order valence-corrected chi connectivity index (χ0v) is 16.4. The SMILES string of the molecule is S=C(NCc1ccco1)Nc1ccc(N2CCN(c3ccccc3)CC2)nc1. The molecule has 28 heavy (non-hydrogen) atoms. The molecule has 6 nitrogen and oxygen atoms in total. The molecule has 2 aromatic heterocycles. The van der Waals surface area contributed by atoms with Gasteiger partial charge in [0.05, 0.1) is 24.7 Å². The summed E-state index contributed by atoms with van der Waals surface area (Å²) in [6, 6.07) is 18.4. The van der Waals surface area contributed by atoms with Crippen molar-refractivity contribution in [1.29, 1.82) is 0 Å². The van der Waals surface area contributed by atoms with E-state index in [0.717, 1.165) is 43.4 Å². The zero-order valence-electron chi connectivity index (χ0n) is 15.5. The monoisotopic (exact) mass is 393 g/mol. The summed E-state index contributed by atoms with van der Waals surface area (Å²) in [6.45, 7) is 4.45. The third-order valence-electron chi connectivity index (χ3n) is 4.73. The average molecular weight is 394 g/mol. The van der Waals surface area contributed by atoms with Crippen LogP contribution in [-0.2, 0) is 6.54 Å². The lowest BCUT2D eigenvalue weighted by molar-refractivity contribution is 0.503. The van der Waals surface area contributed by atoms with Gasteiger partial charge in [-0.3, -0.25) is 0 Å². The molecule has 1 aliphatic heterocycles. The van der Waals surface area contributed by atoms with Gasteiger partial charge in [-0.15, -0.1) is 0 Å². The fraction of sp³-hybridized carbons (Fsp3) is 0.238. The van der Waals surface area contributed by atoms with E-state index in [1.807, 2.05) is 30.5 Å². The standard InChI is InChI=1S/C21H23N5OS/c28-21(23-16-19-7-4-14-27-19)24-17-8-9-20(22-15-17)26-12-10-25(11-13-26)18-5-2-1-3-6-18/h1-9,14-15H,10-13,16H2,(H2,23,24,28). The minimum atomic E-state index is 0.544. The minimum absolute atomic E-state index is 0.544. The number of hydrogen-bond acceptors (Lipinski definition) is 5. The van der Waals surface area contributed by atoms with Crippen molar-refractivity contribution in [2.75, 3.05) is 41.3 Å². The van der Waals surface area contributed by atoms with Crippen LogP contribution >= 0.6 is 12.2 Å². The number of para-hydroxylation sites is 1. The first kappa shape index (κ1) is 18.3. The van der Waals surface area contributed by atoms with E-state index in [2.05, 4.69) is 55.7 Å². The van der Waals surface area contributed by atoms with E-state index in [1.165, 1.54) is 5.69 Å². The zero-order chi connectivity index (χ0) is 19.2. The van der Waals surface area contributed by atoms with Crippen molar-refractivity contribution >= 4 is 34.5 Å². The van der Waals surface area contributed by atoms with Crippen molar-refractivity contribution in [3.05, 3.63) is 72.8 Å². The summed E-state index contributed by atoms with van der Waals surface area (Å²) in [7, 11) is 0. The molecular weight excluding hydrogens is 370 g/mol. The molecule has 0 atom stereocenters. The molecule has 7 heteroatoms. The van der Waals surface area contributed by atoms with Gasteiger partial charge in [0.2, 0.25) is 0 Å². The first-order valence-electron chi connectivity index (χ1n) is 9.36. The third-order valence-corrected chi connectivity index (χ3v) is 4.98. The van der Waals surface area contributed by atoms with Gasteiger partial charge in [0.25, 0.3) is 0 Å². The summed E-state index contributed by atoms with van der Waals surface area (Å²) in [5, 5.41) is 6.81. The van der Waals surface area contributed by atoms with E-state index >= 15 is 0 Å². The van der Waals surface area contributed by atoms with Crippen LogP contribution < -0.4 is 20.4 Å². The molecule has 1 aromatic carbocycles. The van der Waals surface area contributed by atoms with Crippen molar-refractivity contribution in [2.24, 2.45) is 0 Å². The predicted molar refractivity (Wildman–Crippen MR) is 117 cm³/mol. The topological polar surface area (TPSA) is 56.6 Å². The number of benzene rings is 1. The molecule has 3 heterocycles. The van der Waals surface area contributed by atoms with Crippen LogP contribution in [0.15, 0.2) is 71.5 Å². The van der Waals surface area contributed by atoms with Crippen LogP contribution in [0.3, 0.4) is 0 Å². The molecule has 1 fully saturated rings. The number of rotatable bonds is 5. The molecule has 0 aliphatic carbocycles. The fourth-order valence-corrected chi connectivity index (χ4v) is 3.43. The number of nitrogens with one attached hydrogen (secondary N) is 2. The van der Waals surface area contributed by atoms with E-state index in [-0.39, 0.29) is 0 Å².